The second-order valence-corrected chi connectivity index (χ2v) is 30.4. The van der Waals surface area contributed by atoms with E-state index in [9.17, 15) is 14.4 Å². The molecular weight excluding hydrogens is 1440 g/mol. The van der Waals surface area contributed by atoms with Crippen LogP contribution in [0.15, 0.2) is 237 Å². The highest BCUT2D eigenvalue weighted by Gasteiger charge is 2.41. The Bertz CT molecular complexity index is 5360. The summed E-state index contributed by atoms with van der Waals surface area (Å²) in [5.41, 5.74) is 20.7. The lowest BCUT2D eigenvalue weighted by molar-refractivity contribution is -0.132. The average Bonchev–Trinajstić information content (AvgIpc) is 0.877. The van der Waals surface area contributed by atoms with Crippen LogP contribution in [-0.4, -0.2) is 80.7 Å². The number of carboxylic acid groups (broad SMARTS) is 3. The fourth-order valence-corrected chi connectivity index (χ4v) is 16.7. The summed E-state index contributed by atoms with van der Waals surface area (Å²) in [5.74, 6) is -4.90. The van der Waals surface area contributed by atoms with Gasteiger partial charge in [0.15, 0.2) is 0 Å². The van der Waals surface area contributed by atoms with Crippen molar-refractivity contribution < 1.29 is 47.3 Å². The van der Waals surface area contributed by atoms with E-state index in [4.69, 9.17) is 15.3 Å². The molecule has 5 aliphatic rings. The van der Waals surface area contributed by atoms with Crippen LogP contribution in [0, 0.1) is 23.3 Å². The largest absolute Gasteiger partial charge is 0.478 e. The fourth-order valence-electron chi connectivity index (χ4n) is 16.7. The Balaban J connectivity index is 0.000000135. The highest BCUT2D eigenvalue weighted by atomic mass is 19.1. The lowest BCUT2D eigenvalue weighted by atomic mass is 9.82. The van der Waals surface area contributed by atoms with Crippen LogP contribution in [0.4, 0.5) is 34.6 Å². The van der Waals surface area contributed by atoms with Crippen LogP contribution in [-0.2, 0) is 53.8 Å². The number of aliphatic carboxylic acids is 3. The van der Waals surface area contributed by atoms with Gasteiger partial charge in [-0.05, 0) is 254 Å². The summed E-state index contributed by atoms with van der Waals surface area (Å²) in [6.07, 6.45) is 25.8. The predicted molar refractivity (Wildman–Crippen MR) is 440 cm³/mol. The molecule has 12 aromatic rings. The molecule has 0 amide bonds. The number of para-hydroxylation sites is 1. The lowest BCUT2D eigenvalue weighted by Crippen LogP contribution is -2.43. The van der Waals surface area contributed by atoms with Gasteiger partial charge in [0.2, 0.25) is 0 Å². The minimum absolute atomic E-state index is 0.0386. The first-order chi connectivity index (χ1) is 55.1. The molecule has 2 saturated carbocycles. The first kappa shape index (κ1) is 76.7. The van der Waals surface area contributed by atoms with Gasteiger partial charge < -0.3 is 30.0 Å². The summed E-state index contributed by atoms with van der Waals surface area (Å²) in [6, 6.07) is 58.2. The van der Waals surface area contributed by atoms with Gasteiger partial charge in [-0.2, -0.15) is 15.3 Å². The molecule has 114 heavy (non-hydrogen) atoms. The minimum Gasteiger partial charge on any atom is -0.478 e. The molecule has 0 spiro atoms. The third-order valence-electron chi connectivity index (χ3n) is 22.5. The molecular formula is C95H89F4N9O6. The van der Waals surface area contributed by atoms with Crippen molar-refractivity contribution in [2.75, 3.05) is 14.7 Å². The van der Waals surface area contributed by atoms with Gasteiger partial charge in [0.05, 0.1) is 47.8 Å². The van der Waals surface area contributed by atoms with E-state index in [2.05, 4.69) is 166 Å². The Kier molecular flexibility index (Phi) is 22.2. The van der Waals surface area contributed by atoms with E-state index in [1.54, 1.807) is 6.08 Å². The Morgan fingerprint density at radius 3 is 1.09 bits per heavy atom. The number of fused-ring (bicyclic) bond motifs is 3. The molecule has 2 aliphatic carbocycles. The van der Waals surface area contributed by atoms with Crippen molar-refractivity contribution >= 4 is 53.2 Å². The highest BCUT2D eigenvalue weighted by Crippen LogP contribution is 2.49. The summed E-state index contributed by atoms with van der Waals surface area (Å²) in [6.45, 7) is 12.1. The summed E-state index contributed by atoms with van der Waals surface area (Å²) in [5, 5.41) is 40.0. The molecule has 9 aromatic carbocycles. The lowest BCUT2D eigenvalue weighted by Gasteiger charge is -2.44. The molecule has 3 aliphatic heterocycles. The van der Waals surface area contributed by atoms with Crippen molar-refractivity contribution in [2.24, 2.45) is 7.05 Å². The first-order valence-electron chi connectivity index (χ1n) is 39.0. The standard InChI is InChI=1S/2C33H31F2N3O2.C29H27N3O2/c2*1-3-37-19-26(18-36-37)24-9-12-28-25(17-24)14-20(2)38(27-10-7-23(8-11-27)22-5-6-22)33(28)32-29(34)15-21(16-30(32)35)4-13-31(39)40;1-20-16-24-17-23(25-18-30-31(2)19-25)13-14-27(24)29(32(20)26-6-4-3-5-7-26)22-11-8-21(9-12-22)10-15-28(33)34/h2*4,7-13,15-20,22,33H,3,5-6,14H2,1-2H3,(H,39,40);3-15,17-20,29H,16H2,1-2H3,(H,33,34)/b2*13-4+;15-10+/t2*20-,33+;20-,29-/m101/s1. The Labute approximate surface area is 660 Å². The number of aryl methyl sites for hydroxylation is 3. The number of nitrogens with zero attached hydrogens (tertiary/aromatic N) is 9. The number of benzene rings is 9. The van der Waals surface area contributed by atoms with E-state index in [0.717, 1.165) is 98.7 Å². The van der Waals surface area contributed by atoms with Gasteiger partial charge in [-0.3, -0.25) is 14.0 Å². The van der Waals surface area contributed by atoms with E-state index in [1.807, 2.05) is 115 Å². The Morgan fingerprint density at radius 1 is 0.395 bits per heavy atom. The zero-order valence-corrected chi connectivity index (χ0v) is 64.3. The van der Waals surface area contributed by atoms with Gasteiger partial charge in [-0.1, -0.05) is 121 Å². The molecule has 6 heterocycles. The van der Waals surface area contributed by atoms with Crippen molar-refractivity contribution in [3.8, 4) is 33.4 Å². The third kappa shape index (κ3) is 16.6. The van der Waals surface area contributed by atoms with Crippen LogP contribution in [0.1, 0.15) is 168 Å². The topological polar surface area (TPSA) is 175 Å². The molecule has 17 rings (SSSR count). The van der Waals surface area contributed by atoms with Crippen molar-refractivity contribution in [3.63, 3.8) is 0 Å². The van der Waals surface area contributed by atoms with Crippen LogP contribution < -0.4 is 14.7 Å². The molecule has 19 heteroatoms. The molecule has 6 atom stereocenters. The zero-order valence-electron chi connectivity index (χ0n) is 64.3. The summed E-state index contributed by atoms with van der Waals surface area (Å²) < 4.78 is 68.9. The number of hydrogen-bond donors (Lipinski definition) is 3. The summed E-state index contributed by atoms with van der Waals surface area (Å²) >= 11 is 0. The van der Waals surface area contributed by atoms with E-state index in [1.165, 1.54) is 107 Å². The fraction of sp³-hybridized carbons (Fsp3) is 0.242. The second-order valence-electron chi connectivity index (χ2n) is 30.4. The van der Waals surface area contributed by atoms with Crippen LogP contribution in [0.2, 0.25) is 0 Å². The van der Waals surface area contributed by atoms with Gasteiger partial charge in [-0.25, -0.2) is 31.9 Å². The molecule has 2 fully saturated rings. The van der Waals surface area contributed by atoms with Crippen LogP contribution in [0.3, 0.4) is 0 Å². The maximum absolute atomic E-state index is 15.8. The number of aromatic nitrogens is 6. The normalized spacial score (nSPS) is 18.4. The molecule has 0 bridgehead atoms. The van der Waals surface area contributed by atoms with Crippen molar-refractivity contribution in [2.45, 2.75) is 141 Å². The highest BCUT2D eigenvalue weighted by molar-refractivity contribution is 5.87. The number of hydrogen-bond acceptors (Lipinski definition) is 9. The van der Waals surface area contributed by atoms with Crippen molar-refractivity contribution in [1.82, 2.24) is 29.3 Å². The van der Waals surface area contributed by atoms with E-state index < -0.39 is 53.3 Å². The molecule has 0 unspecified atom stereocenters. The number of rotatable bonds is 19. The summed E-state index contributed by atoms with van der Waals surface area (Å²) in [7, 11) is 1.94. The number of carboxylic acids is 3. The van der Waals surface area contributed by atoms with Crippen LogP contribution >= 0.6 is 0 Å². The van der Waals surface area contributed by atoms with Gasteiger partial charge in [-0.15, -0.1) is 0 Å². The first-order valence-corrected chi connectivity index (χ1v) is 39.0. The summed E-state index contributed by atoms with van der Waals surface area (Å²) in [4.78, 5) is 39.5. The molecule has 3 aromatic heterocycles. The molecule has 0 saturated heterocycles. The quantitative estimate of drug-likeness (QED) is 0.0517. The van der Waals surface area contributed by atoms with E-state index >= 15 is 17.6 Å². The maximum Gasteiger partial charge on any atom is 0.328 e. The predicted octanol–water partition coefficient (Wildman–Crippen LogP) is 20.5. The molecule has 15 nitrogen and oxygen atoms in total. The smallest absolute Gasteiger partial charge is 0.328 e. The monoisotopic (exact) mass is 1530 g/mol. The maximum atomic E-state index is 15.8. The van der Waals surface area contributed by atoms with E-state index in [-0.39, 0.29) is 40.4 Å². The molecule has 3 N–H and O–H groups in total. The zero-order chi connectivity index (χ0) is 79.6. The van der Waals surface area contributed by atoms with Crippen LogP contribution in [0.25, 0.3) is 51.6 Å². The van der Waals surface area contributed by atoms with Crippen LogP contribution in [0.5, 0.6) is 0 Å². The van der Waals surface area contributed by atoms with Gasteiger partial charge in [0.25, 0.3) is 0 Å². The van der Waals surface area contributed by atoms with Gasteiger partial charge >= 0.3 is 17.9 Å². The molecule has 0 radical (unpaired) electrons. The second kappa shape index (κ2) is 33.0. The van der Waals surface area contributed by atoms with Gasteiger partial charge in [0.1, 0.15) is 23.3 Å². The average molecular weight is 1530 g/mol. The molecule has 578 valence electrons. The van der Waals surface area contributed by atoms with Crippen molar-refractivity contribution in [1.29, 1.82) is 0 Å². The third-order valence-corrected chi connectivity index (χ3v) is 22.5. The van der Waals surface area contributed by atoms with Crippen molar-refractivity contribution in [3.05, 3.63) is 339 Å². The SMILES string of the molecule is CCn1cc(-c2ccc3c(c2)C[C@@H](C)N(c2ccc(C4CC4)cc2)[C@@H]3c2c(F)cc(/C=C/C(=O)O)cc2F)cn1.CCn1cc(-c2ccc3c(c2)C[C@H](C)N(c2ccc(C4CC4)cc2)[C@H]3c2c(F)cc(/C=C/C(=O)O)cc2F)cn1.C[C@@H]1Cc2cc(-c3cnn(C)c3)ccc2[C@@H](c2ccc(/C=C/C(=O)O)cc2)N1c1ccccc1. The van der Waals surface area contributed by atoms with Gasteiger partial charge in [0, 0.05) is 109 Å². The number of carbonyl (C=O) groups is 3. The number of anilines is 3. The Morgan fingerprint density at radius 2 is 0.737 bits per heavy atom. The van der Waals surface area contributed by atoms with E-state index in [0.29, 0.717) is 30.7 Å². The Hall–Kier alpha value is -12.6. The minimum atomic E-state index is -1.18. The number of halogens is 4.